The molecular formula is C40H53NO8. The minimum absolute atomic E-state index is 0.0649. The first-order chi connectivity index (χ1) is 23.2. The second kappa shape index (κ2) is 15.3. The fourth-order valence-electron chi connectivity index (χ4n) is 6.73. The van der Waals surface area contributed by atoms with Crippen LogP contribution >= 0.6 is 0 Å². The van der Waals surface area contributed by atoms with Crippen LogP contribution in [0.5, 0.6) is 5.75 Å². The molecule has 1 aliphatic carbocycles. The van der Waals surface area contributed by atoms with E-state index in [0.29, 0.717) is 18.2 Å². The van der Waals surface area contributed by atoms with Gasteiger partial charge >= 0.3 is 5.97 Å². The number of benzene rings is 3. The molecule has 3 aromatic carbocycles. The maximum Gasteiger partial charge on any atom is 0.338 e. The zero-order chi connectivity index (χ0) is 35.5. The minimum Gasteiger partial charge on any atom is -0.493 e. The Morgan fingerprint density at radius 3 is 2.16 bits per heavy atom. The summed E-state index contributed by atoms with van der Waals surface area (Å²) in [4.78, 5) is 12.8. The molecule has 5 N–H and O–H groups in total. The van der Waals surface area contributed by atoms with E-state index in [1.54, 1.807) is 12.1 Å². The van der Waals surface area contributed by atoms with Gasteiger partial charge in [-0.3, -0.25) is 0 Å². The van der Waals surface area contributed by atoms with Crippen LogP contribution < -0.4 is 10.1 Å². The fraction of sp³-hybridized carbons (Fsp3) is 0.525. The third-order valence-electron chi connectivity index (χ3n) is 10.0. The Labute approximate surface area is 290 Å². The van der Waals surface area contributed by atoms with Crippen LogP contribution in [0, 0.1) is 0 Å². The largest absolute Gasteiger partial charge is 0.493 e. The number of aliphatic hydroxyl groups excluding tert-OH is 4. The molecule has 49 heavy (non-hydrogen) atoms. The Balaban J connectivity index is 1.36. The normalized spacial score (nSPS) is 24.3. The van der Waals surface area contributed by atoms with E-state index in [-0.39, 0.29) is 10.8 Å². The Morgan fingerprint density at radius 1 is 0.816 bits per heavy atom. The lowest BCUT2D eigenvalue weighted by atomic mass is 9.63. The van der Waals surface area contributed by atoms with Gasteiger partial charge in [-0.05, 0) is 95.1 Å². The first kappa shape index (κ1) is 37.0. The molecule has 5 rings (SSSR count). The summed E-state index contributed by atoms with van der Waals surface area (Å²) in [6.45, 7) is 14.8. The average Bonchev–Trinajstić information content (AvgIpc) is 3.08. The number of hydrogen-bond donors (Lipinski definition) is 5. The summed E-state index contributed by atoms with van der Waals surface area (Å²) < 4.78 is 16.8. The molecule has 0 spiro atoms. The van der Waals surface area contributed by atoms with Crippen LogP contribution in [0.2, 0.25) is 0 Å². The van der Waals surface area contributed by atoms with Crippen molar-refractivity contribution in [3.8, 4) is 28.0 Å². The summed E-state index contributed by atoms with van der Waals surface area (Å²) >= 11 is 0. The van der Waals surface area contributed by atoms with Gasteiger partial charge in [0, 0.05) is 11.6 Å². The number of esters is 1. The topological polar surface area (TPSA) is 138 Å². The number of carbonyl (C=O) groups excluding carboxylic acids is 1. The highest BCUT2D eigenvalue weighted by Crippen LogP contribution is 2.47. The van der Waals surface area contributed by atoms with E-state index in [1.807, 2.05) is 24.3 Å². The molecule has 0 aromatic heterocycles. The first-order valence-corrected chi connectivity index (χ1v) is 17.5. The second-order valence-corrected chi connectivity index (χ2v) is 15.1. The zero-order valence-corrected chi connectivity index (χ0v) is 29.6. The lowest BCUT2D eigenvalue weighted by Gasteiger charge is -2.42. The van der Waals surface area contributed by atoms with E-state index in [1.165, 1.54) is 11.1 Å². The molecule has 9 nitrogen and oxygen atoms in total. The van der Waals surface area contributed by atoms with Crippen molar-refractivity contribution in [1.82, 2.24) is 5.32 Å². The number of hydrogen-bond acceptors (Lipinski definition) is 9. The number of fused-ring (bicyclic) bond motifs is 1. The molecule has 0 saturated carbocycles. The van der Waals surface area contributed by atoms with Crippen LogP contribution in [0.15, 0.2) is 60.7 Å². The van der Waals surface area contributed by atoms with Crippen LogP contribution in [-0.2, 0) is 20.3 Å². The molecule has 1 heterocycles. The maximum absolute atomic E-state index is 12.8. The van der Waals surface area contributed by atoms with Crippen LogP contribution in [0.25, 0.3) is 22.3 Å². The standard InChI is InChI=1S/C40H53NO8/c1-24(2)41-19-7-8-20-47-32-16-14-27(21-29(32)28-13-15-30-31(22-28)40(5,6)18-17-39(30,3)4)25-9-11-26(12-10-25)37(45)48-23-33-34(42)35(43)36(44)38(46)49-33/h9-16,21-22,24,33-36,38,41-44,46H,7-8,17-20,23H2,1-6H3/t33-,34-,35+,36-,38?/m1/s1. The minimum atomic E-state index is -1.70. The lowest BCUT2D eigenvalue weighted by molar-refractivity contribution is -0.286. The van der Waals surface area contributed by atoms with E-state index in [2.05, 4.69) is 71.1 Å². The van der Waals surface area contributed by atoms with E-state index < -0.39 is 43.3 Å². The van der Waals surface area contributed by atoms with Gasteiger partial charge in [0.15, 0.2) is 6.29 Å². The van der Waals surface area contributed by atoms with Gasteiger partial charge in [-0.1, -0.05) is 77.9 Å². The zero-order valence-electron chi connectivity index (χ0n) is 29.6. The third-order valence-corrected chi connectivity index (χ3v) is 10.0. The highest BCUT2D eigenvalue weighted by Gasteiger charge is 2.43. The van der Waals surface area contributed by atoms with Crippen molar-refractivity contribution in [2.24, 2.45) is 0 Å². The number of nitrogens with one attached hydrogen (secondary N) is 1. The van der Waals surface area contributed by atoms with Crippen molar-refractivity contribution in [3.63, 3.8) is 0 Å². The lowest BCUT2D eigenvalue weighted by Crippen LogP contribution is -2.58. The number of unbranched alkanes of at least 4 members (excludes halogenated alkanes) is 1. The molecule has 1 fully saturated rings. The van der Waals surface area contributed by atoms with Crippen molar-refractivity contribution in [1.29, 1.82) is 0 Å². The van der Waals surface area contributed by atoms with Crippen LogP contribution in [-0.4, -0.2) is 82.9 Å². The van der Waals surface area contributed by atoms with Gasteiger partial charge in [0.25, 0.3) is 0 Å². The number of ether oxygens (including phenoxy) is 3. The third kappa shape index (κ3) is 8.53. The predicted octanol–water partition coefficient (Wildman–Crippen LogP) is 5.48. The summed E-state index contributed by atoms with van der Waals surface area (Å²) in [5.41, 5.74) is 7.27. The van der Waals surface area contributed by atoms with Crippen molar-refractivity contribution in [2.75, 3.05) is 19.8 Å². The monoisotopic (exact) mass is 675 g/mol. The number of aliphatic hydroxyl groups is 4. The van der Waals surface area contributed by atoms with Gasteiger partial charge in [-0.15, -0.1) is 0 Å². The molecule has 2 aliphatic rings. The van der Waals surface area contributed by atoms with E-state index in [9.17, 15) is 25.2 Å². The first-order valence-electron chi connectivity index (χ1n) is 17.5. The Morgan fingerprint density at radius 2 is 1.47 bits per heavy atom. The Kier molecular flexibility index (Phi) is 11.5. The number of rotatable bonds is 12. The molecule has 1 unspecified atom stereocenters. The molecular weight excluding hydrogens is 622 g/mol. The van der Waals surface area contributed by atoms with Gasteiger partial charge in [-0.25, -0.2) is 4.79 Å². The van der Waals surface area contributed by atoms with E-state index >= 15 is 0 Å². The fourth-order valence-corrected chi connectivity index (χ4v) is 6.73. The van der Waals surface area contributed by atoms with Crippen molar-refractivity contribution >= 4 is 5.97 Å². The molecule has 9 heteroatoms. The van der Waals surface area contributed by atoms with Gasteiger partial charge in [0.2, 0.25) is 0 Å². The molecule has 3 aromatic rings. The number of carbonyl (C=O) groups is 1. The Bertz CT molecular complexity index is 1580. The maximum atomic E-state index is 12.8. The average molecular weight is 676 g/mol. The van der Waals surface area contributed by atoms with Crippen LogP contribution in [0.4, 0.5) is 0 Å². The highest BCUT2D eigenvalue weighted by molar-refractivity contribution is 5.90. The second-order valence-electron chi connectivity index (χ2n) is 15.1. The summed E-state index contributed by atoms with van der Waals surface area (Å²) in [5.74, 6) is 0.188. The van der Waals surface area contributed by atoms with Crippen molar-refractivity contribution in [3.05, 3.63) is 77.4 Å². The quantitative estimate of drug-likeness (QED) is 0.125. The summed E-state index contributed by atoms with van der Waals surface area (Å²) in [6, 6.07) is 20.6. The van der Waals surface area contributed by atoms with Crippen LogP contribution in [0.1, 0.15) is 88.7 Å². The smallest absolute Gasteiger partial charge is 0.338 e. The van der Waals surface area contributed by atoms with Crippen LogP contribution in [0.3, 0.4) is 0 Å². The van der Waals surface area contributed by atoms with Gasteiger partial charge in [0.1, 0.15) is 36.8 Å². The molecule has 0 amide bonds. The van der Waals surface area contributed by atoms with Crippen molar-refractivity contribution < 1.29 is 39.4 Å². The molecule has 0 radical (unpaired) electrons. The summed E-state index contributed by atoms with van der Waals surface area (Å²) in [6.07, 6.45) is -3.44. The van der Waals surface area contributed by atoms with Crippen molar-refractivity contribution in [2.45, 2.75) is 115 Å². The Hall–Kier alpha value is -3.31. The van der Waals surface area contributed by atoms with Gasteiger partial charge in [0.05, 0.1) is 12.2 Å². The molecule has 1 saturated heterocycles. The van der Waals surface area contributed by atoms with E-state index in [4.69, 9.17) is 14.2 Å². The molecule has 0 bridgehead atoms. The van der Waals surface area contributed by atoms with E-state index in [0.717, 1.165) is 60.2 Å². The molecule has 266 valence electrons. The predicted molar refractivity (Wildman–Crippen MR) is 190 cm³/mol. The summed E-state index contributed by atoms with van der Waals surface area (Å²) in [5, 5.41) is 43.0. The highest BCUT2D eigenvalue weighted by atomic mass is 16.6. The molecule has 1 aliphatic heterocycles. The van der Waals surface area contributed by atoms with Gasteiger partial charge < -0.3 is 40.0 Å². The SMILES string of the molecule is CC(C)NCCCCOc1ccc(-c2ccc(C(=O)OC[C@H]3OC(O)[C@H](O)[C@@H](O)[C@@H]3O)cc2)cc1-c1ccc2c(c1)C(C)(C)CCC2(C)C. The van der Waals surface area contributed by atoms with Gasteiger partial charge in [-0.2, -0.15) is 0 Å². The molecule has 5 atom stereocenters. The summed E-state index contributed by atoms with van der Waals surface area (Å²) in [7, 11) is 0.